The fraction of sp³-hybridized carbons (Fsp3) is 0.400. The second kappa shape index (κ2) is 5.20. The van der Waals surface area contributed by atoms with E-state index in [0.29, 0.717) is 0 Å². The summed E-state index contributed by atoms with van der Waals surface area (Å²) in [4.78, 5) is 5.52. The van der Waals surface area contributed by atoms with Crippen molar-refractivity contribution in [2.75, 3.05) is 0 Å². The van der Waals surface area contributed by atoms with Gasteiger partial charge in [0.25, 0.3) is 0 Å². The van der Waals surface area contributed by atoms with Gasteiger partial charge < -0.3 is 9.31 Å². The molecule has 0 N–H and O–H groups in total. The minimum atomic E-state index is -0.310. The molecule has 3 rings (SSSR count). The number of rotatable bonds is 2. The Morgan fingerprint density at radius 2 is 1.76 bits per heavy atom. The van der Waals surface area contributed by atoms with Crippen LogP contribution in [0.2, 0.25) is 0 Å². The molecule has 1 aliphatic heterocycles. The van der Waals surface area contributed by atoms with Crippen molar-refractivity contribution in [3.8, 4) is 10.6 Å². The van der Waals surface area contributed by atoms with Crippen molar-refractivity contribution >= 4 is 39.2 Å². The van der Waals surface area contributed by atoms with Gasteiger partial charge in [0.2, 0.25) is 0 Å². The van der Waals surface area contributed by atoms with Gasteiger partial charge in [0.15, 0.2) is 0 Å². The van der Waals surface area contributed by atoms with Crippen LogP contribution in [0.3, 0.4) is 0 Å². The van der Waals surface area contributed by atoms with Gasteiger partial charge in [-0.15, -0.1) is 11.3 Å². The molecule has 1 saturated heterocycles. The summed E-state index contributed by atoms with van der Waals surface area (Å²) in [5.74, 6) is 0. The summed E-state index contributed by atoms with van der Waals surface area (Å²) in [6.07, 6.45) is 1.80. The van der Waals surface area contributed by atoms with Gasteiger partial charge in [-0.25, -0.2) is 0 Å². The maximum absolute atomic E-state index is 6.08. The van der Waals surface area contributed by atoms with Crippen LogP contribution < -0.4 is 4.78 Å². The first-order chi connectivity index (χ1) is 9.78. The zero-order valence-corrected chi connectivity index (χ0v) is 14.9. The SMILES string of the molecule is CC1(C)OB(c2ccc(-c3cc(Br)ccn3)s2)OC1(C)C. The van der Waals surface area contributed by atoms with Gasteiger partial charge in [-0.3, -0.25) is 4.98 Å². The van der Waals surface area contributed by atoms with Gasteiger partial charge in [0.1, 0.15) is 0 Å². The molecule has 0 unspecified atom stereocenters. The minimum Gasteiger partial charge on any atom is -0.399 e. The lowest BCUT2D eigenvalue weighted by atomic mass is 9.88. The Hall–Kier alpha value is -0.685. The Morgan fingerprint density at radius 1 is 1.10 bits per heavy atom. The molecule has 0 atom stereocenters. The quantitative estimate of drug-likeness (QED) is 0.757. The number of halogens is 1. The zero-order valence-electron chi connectivity index (χ0n) is 12.5. The molecule has 0 saturated carbocycles. The van der Waals surface area contributed by atoms with Crippen LogP contribution in [0.25, 0.3) is 10.6 Å². The molecule has 2 aromatic rings. The van der Waals surface area contributed by atoms with E-state index in [2.05, 4.69) is 60.7 Å². The van der Waals surface area contributed by atoms with Crippen molar-refractivity contribution in [3.05, 3.63) is 34.9 Å². The third-order valence-electron chi connectivity index (χ3n) is 4.09. The zero-order chi connectivity index (χ0) is 15.3. The molecule has 6 heteroatoms. The van der Waals surface area contributed by atoms with E-state index in [0.717, 1.165) is 19.8 Å². The topological polar surface area (TPSA) is 31.4 Å². The number of aromatic nitrogens is 1. The molecule has 110 valence electrons. The summed E-state index contributed by atoms with van der Waals surface area (Å²) in [6.45, 7) is 8.27. The maximum Gasteiger partial charge on any atom is 0.505 e. The molecule has 3 nitrogen and oxygen atoms in total. The van der Waals surface area contributed by atoms with Gasteiger partial charge >= 0.3 is 7.12 Å². The predicted octanol–water partition coefficient (Wildman–Crippen LogP) is 3.87. The molecule has 1 aliphatic rings. The van der Waals surface area contributed by atoms with E-state index in [9.17, 15) is 0 Å². The second-order valence-corrected chi connectivity index (χ2v) is 8.18. The standard InChI is InChI=1S/C15H17BBrNO2S/c1-14(2)15(3,4)20-16(19-14)13-6-5-12(21-13)11-9-10(17)7-8-18-11/h5-9H,1-4H3. The number of hydrogen-bond acceptors (Lipinski definition) is 4. The first-order valence-electron chi connectivity index (χ1n) is 6.86. The summed E-state index contributed by atoms with van der Waals surface area (Å²) in [7, 11) is -0.305. The molecule has 3 heterocycles. The largest absolute Gasteiger partial charge is 0.505 e. The third-order valence-corrected chi connectivity index (χ3v) is 5.71. The maximum atomic E-state index is 6.08. The summed E-state index contributed by atoms with van der Waals surface area (Å²) in [5.41, 5.74) is 0.336. The van der Waals surface area contributed by atoms with Crippen molar-refractivity contribution < 1.29 is 9.31 Å². The summed E-state index contributed by atoms with van der Waals surface area (Å²) in [6, 6.07) is 8.07. The fourth-order valence-corrected chi connectivity index (χ4v) is 3.39. The highest BCUT2D eigenvalue weighted by atomic mass is 79.9. The monoisotopic (exact) mass is 365 g/mol. The Morgan fingerprint density at radius 3 is 2.38 bits per heavy atom. The minimum absolute atomic E-state index is 0.305. The number of nitrogens with zero attached hydrogens (tertiary/aromatic N) is 1. The van der Waals surface area contributed by atoms with Crippen LogP contribution in [0.1, 0.15) is 27.7 Å². The van der Waals surface area contributed by atoms with Crippen molar-refractivity contribution in [2.45, 2.75) is 38.9 Å². The van der Waals surface area contributed by atoms with Crippen LogP contribution in [0.4, 0.5) is 0 Å². The molecular formula is C15H17BBrNO2S. The Bertz CT molecular complexity index is 655. The Kier molecular flexibility index (Phi) is 3.77. The molecule has 0 aromatic carbocycles. The molecular weight excluding hydrogens is 349 g/mol. The van der Waals surface area contributed by atoms with Crippen LogP contribution in [0.15, 0.2) is 34.9 Å². The predicted molar refractivity (Wildman–Crippen MR) is 91.0 cm³/mol. The van der Waals surface area contributed by atoms with E-state index >= 15 is 0 Å². The molecule has 1 fully saturated rings. The van der Waals surface area contributed by atoms with Crippen LogP contribution >= 0.6 is 27.3 Å². The molecule has 0 spiro atoms. The highest BCUT2D eigenvalue weighted by molar-refractivity contribution is 9.10. The highest BCUT2D eigenvalue weighted by Gasteiger charge is 2.52. The van der Waals surface area contributed by atoms with Crippen LogP contribution in [-0.2, 0) is 9.31 Å². The molecule has 0 aliphatic carbocycles. The summed E-state index contributed by atoms with van der Waals surface area (Å²) >= 11 is 5.14. The molecule has 2 aromatic heterocycles. The smallest absolute Gasteiger partial charge is 0.399 e. The lowest BCUT2D eigenvalue weighted by Crippen LogP contribution is -2.41. The van der Waals surface area contributed by atoms with E-state index in [1.807, 2.05) is 12.1 Å². The van der Waals surface area contributed by atoms with Gasteiger partial charge in [0, 0.05) is 15.4 Å². The fourth-order valence-electron chi connectivity index (χ4n) is 2.12. The molecule has 0 amide bonds. The Balaban J connectivity index is 1.87. The van der Waals surface area contributed by atoms with E-state index in [1.165, 1.54) is 0 Å². The van der Waals surface area contributed by atoms with Crippen LogP contribution in [-0.4, -0.2) is 23.3 Å². The van der Waals surface area contributed by atoms with Crippen molar-refractivity contribution in [3.63, 3.8) is 0 Å². The van der Waals surface area contributed by atoms with Crippen molar-refractivity contribution in [2.24, 2.45) is 0 Å². The van der Waals surface area contributed by atoms with E-state index in [-0.39, 0.29) is 18.3 Å². The first-order valence-corrected chi connectivity index (χ1v) is 8.47. The van der Waals surface area contributed by atoms with Crippen LogP contribution in [0, 0.1) is 0 Å². The van der Waals surface area contributed by atoms with Crippen molar-refractivity contribution in [1.29, 1.82) is 0 Å². The molecule has 21 heavy (non-hydrogen) atoms. The highest BCUT2D eigenvalue weighted by Crippen LogP contribution is 2.37. The number of pyridine rings is 1. The van der Waals surface area contributed by atoms with Gasteiger partial charge in [0.05, 0.1) is 21.8 Å². The molecule has 0 bridgehead atoms. The van der Waals surface area contributed by atoms with Gasteiger partial charge in [-0.05, 0) is 45.9 Å². The third kappa shape index (κ3) is 2.82. The van der Waals surface area contributed by atoms with Gasteiger partial charge in [-0.1, -0.05) is 22.0 Å². The van der Waals surface area contributed by atoms with Gasteiger partial charge in [-0.2, -0.15) is 0 Å². The normalized spacial score (nSPS) is 20.0. The average molecular weight is 366 g/mol. The number of thiophene rings is 1. The van der Waals surface area contributed by atoms with Crippen LogP contribution in [0.5, 0.6) is 0 Å². The van der Waals surface area contributed by atoms with E-state index in [1.54, 1.807) is 17.5 Å². The number of hydrogen-bond donors (Lipinski definition) is 0. The lowest BCUT2D eigenvalue weighted by Gasteiger charge is -2.32. The van der Waals surface area contributed by atoms with E-state index in [4.69, 9.17) is 9.31 Å². The van der Waals surface area contributed by atoms with Crippen molar-refractivity contribution in [1.82, 2.24) is 4.98 Å². The summed E-state index contributed by atoms with van der Waals surface area (Å²) in [5, 5.41) is 0. The molecule has 0 radical (unpaired) electrons. The Labute approximate surface area is 138 Å². The summed E-state index contributed by atoms with van der Waals surface area (Å²) < 4.78 is 14.3. The van der Waals surface area contributed by atoms with E-state index < -0.39 is 0 Å². The first kappa shape index (κ1) is 15.2. The average Bonchev–Trinajstić information content (AvgIpc) is 2.93. The second-order valence-electron chi connectivity index (χ2n) is 6.15. The lowest BCUT2D eigenvalue weighted by molar-refractivity contribution is 0.00578.